The number of nitrogens with one attached hydrogen (secondary N) is 1. The van der Waals surface area contributed by atoms with Crippen molar-refractivity contribution in [3.63, 3.8) is 0 Å². The number of rotatable bonds is 1. The zero-order valence-electron chi connectivity index (χ0n) is 18.3. The fourth-order valence-corrected chi connectivity index (χ4v) is 4.27. The number of aryl methyl sites for hydroxylation is 1. The van der Waals surface area contributed by atoms with Gasteiger partial charge in [-0.3, -0.25) is 15.0 Å². The molecule has 0 atom stereocenters. The lowest BCUT2D eigenvalue weighted by Gasteiger charge is -2.13. The molecule has 0 fully saturated rings. The first-order chi connectivity index (χ1) is 16.6. The van der Waals surface area contributed by atoms with Crippen LogP contribution in [-0.4, -0.2) is 26.7 Å². The molecule has 0 amide bonds. The SMILES string of the molecule is C1=Cc2ccccc2NN=C1.Cc1nnc2n1-c1ccc(Cl)cc1C(c1ccccc1Cl)=NC2. The molecule has 6 nitrogen and oxygen atoms in total. The number of nitrogens with zero attached hydrogens (tertiary/aromatic N) is 5. The first-order valence-corrected chi connectivity index (χ1v) is 11.4. The number of benzene rings is 3. The fraction of sp³-hybridized carbons (Fsp3) is 0.0769. The van der Waals surface area contributed by atoms with Gasteiger partial charge in [-0.1, -0.05) is 65.7 Å². The monoisotopic (exact) mass is 486 g/mol. The summed E-state index contributed by atoms with van der Waals surface area (Å²) in [6.45, 7) is 2.36. The predicted octanol–water partition coefficient (Wildman–Crippen LogP) is 6.34. The van der Waals surface area contributed by atoms with Gasteiger partial charge in [-0.2, -0.15) is 5.10 Å². The Morgan fingerprint density at radius 3 is 2.62 bits per heavy atom. The van der Waals surface area contributed by atoms with Crippen LogP contribution in [0.15, 0.2) is 82.9 Å². The Hall–Kier alpha value is -3.74. The predicted molar refractivity (Wildman–Crippen MR) is 139 cm³/mol. The molecule has 0 radical (unpaired) electrons. The highest BCUT2D eigenvalue weighted by Gasteiger charge is 2.22. The molecule has 0 saturated heterocycles. The highest BCUT2D eigenvalue weighted by molar-refractivity contribution is 6.36. The van der Waals surface area contributed by atoms with Crippen LogP contribution in [0, 0.1) is 6.92 Å². The van der Waals surface area contributed by atoms with Crippen LogP contribution in [-0.2, 0) is 6.54 Å². The van der Waals surface area contributed by atoms with Crippen molar-refractivity contribution in [1.29, 1.82) is 0 Å². The van der Waals surface area contributed by atoms with Crippen molar-refractivity contribution in [3.05, 3.63) is 111 Å². The molecule has 3 heterocycles. The molecular weight excluding hydrogens is 467 g/mol. The van der Waals surface area contributed by atoms with Gasteiger partial charge in [0.1, 0.15) is 12.4 Å². The van der Waals surface area contributed by atoms with E-state index in [1.807, 2.05) is 90.4 Å². The lowest BCUT2D eigenvalue weighted by molar-refractivity contribution is 0.862. The normalized spacial score (nSPS) is 13.2. The van der Waals surface area contributed by atoms with Crippen molar-refractivity contribution < 1.29 is 0 Å². The van der Waals surface area contributed by atoms with E-state index in [9.17, 15) is 0 Å². The second-order valence-electron chi connectivity index (χ2n) is 7.64. The number of fused-ring (bicyclic) bond motifs is 4. The average Bonchev–Trinajstić information content (AvgIpc) is 3.01. The van der Waals surface area contributed by atoms with Gasteiger partial charge >= 0.3 is 0 Å². The van der Waals surface area contributed by atoms with Gasteiger partial charge in [-0.25, -0.2) is 0 Å². The van der Waals surface area contributed by atoms with Crippen LogP contribution in [0.25, 0.3) is 11.8 Å². The standard InChI is InChI=1S/C17H12Cl2N4.C9H8N2/c1-10-21-22-16-9-20-17(12-4-2-3-5-14(12)19)13-8-11(18)6-7-15(13)23(10)16;1-2-6-9-8(4-1)5-3-7-10-11-9/h2-8H,9H2,1H3;1-7,11H. The molecular formula is C26H20Cl2N6. The summed E-state index contributed by atoms with van der Waals surface area (Å²) in [6.07, 6.45) is 5.68. The number of halogens is 2. The van der Waals surface area contributed by atoms with Gasteiger partial charge < -0.3 is 0 Å². The molecule has 34 heavy (non-hydrogen) atoms. The Morgan fingerprint density at radius 1 is 0.912 bits per heavy atom. The van der Waals surface area contributed by atoms with Crippen molar-refractivity contribution in [1.82, 2.24) is 14.8 Å². The van der Waals surface area contributed by atoms with Gasteiger partial charge in [-0.15, -0.1) is 10.2 Å². The third kappa shape index (κ3) is 4.38. The van der Waals surface area contributed by atoms with Gasteiger partial charge in [0.25, 0.3) is 0 Å². The van der Waals surface area contributed by atoms with Crippen LogP contribution >= 0.6 is 23.2 Å². The van der Waals surface area contributed by atoms with Crippen LogP contribution in [0.1, 0.15) is 28.3 Å². The molecule has 4 aromatic rings. The molecule has 0 spiro atoms. The first kappa shape index (κ1) is 22.1. The molecule has 1 aromatic heterocycles. The summed E-state index contributed by atoms with van der Waals surface area (Å²) in [5.41, 5.74) is 8.74. The molecule has 6 rings (SSSR count). The summed E-state index contributed by atoms with van der Waals surface area (Å²) in [7, 11) is 0. The number of aromatic nitrogens is 3. The average molecular weight is 487 g/mol. The van der Waals surface area contributed by atoms with E-state index in [0.717, 1.165) is 39.9 Å². The molecule has 2 aliphatic heterocycles. The van der Waals surface area contributed by atoms with E-state index in [-0.39, 0.29) is 0 Å². The smallest absolute Gasteiger partial charge is 0.159 e. The summed E-state index contributed by atoms with van der Waals surface area (Å²) in [6, 6.07) is 21.5. The molecule has 3 aromatic carbocycles. The lowest BCUT2D eigenvalue weighted by atomic mass is 10.0. The maximum absolute atomic E-state index is 6.39. The molecule has 0 unspecified atom stereocenters. The Kier molecular flexibility index (Phi) is 6.25. The Labute approximate surface area is 207 Å². The van der Waals surface area contributed by atoms with E-state index >= 15 is 0 Å². The van der Waals surface area contributed by atoms with Crippen LogP contribution in [0.2, 0.25) is 10.0 Å². The van der Waals surface area contributed by atoms with Gasteiger partial charge in [0, 0.05) is 27.4 Å². The van der Waals surface area contributed by atoms with E-state index < -0.39 is 0 Å². The molecule has 0 aliphatic carbocycles. The Balaban J connectivity index is 0.000000183. The van der Waals surface area contributed by atoms with Crippen molar-refractivity contribution in [2.24, 2.45) is 10.1 Å². The van der Waals surface area contributed by atoms with Gasteiger partial charge in [-0.05, 0) is 48.9 Å². The third-order valence-electron chi connectivity index (χ3n) is 5.44. The minimum atomic E-state index is 0.438. The minimum Gasteiger partial charge on any atom is -0.281 e. The molecule has 0 saturated carbocycles. The molecule has 0 bridgehead atoms. The maximum Gasteiger partial charge on any atom is 0.159 e. The number of hydrazone groups is 1. The topological polar surface area (TPSA) is 67.5 Å². The summed E-state index contributed by atoms with van der Waals surface area (Å²) >= 11 is 12.6. The quantitative estimate of drug-likeness (QED) is 0.341. The van der Waals surface area contributed by atoms with Crippen molar-refractivity contribution >= 4 is 46.9 Å². The maximum atomic E-state index is 6.39. The summed E-state index contributed by atoms with van der Waals surface area (Å²) < 4.78 is 2.01. The molecule has 8 heteroatoms. The Morgan fingerprint density at radius 2 is 1.74 bits per heavy atom. The largest absolute Gasteiger partial charge is 0.281 e. The molecule has 2 aliphatic rings. The van der Waals surface area contributed by atoms with Crippen LogP contribution in [0.4, 0.5) is 5.69 Å². The minimum absolute atomic E-state index is 0.438. The van der Waals surface area contributed by atoms with Crippen LogP contribution in [0.3, 0.4) is 0 Å². The zero-order chi connectivity index (χ0) is 23.5. The summed E-state index contributed by atoms with van der Waals surface area (Å²) in [5, 5.41) is 13.6. The van der Waals surface area contributed by atoms with E-state index in [1.54, 1.807) is 6.21 Å². The van der Waals surface area contributed by atoms with Crippen molar-refractivity contribution in [2.45, 2.75) is 13.5 Å². The number of hydrogen-bond acceptors (Lipinski definition) is 5. The second-order valence-corrected chi connectivity index (χ2v) is 8.48. The van der Waals surface area contributed by atoms with Crippen molar-refractivity contribution in [2.75, 3.05) is 5.43 Å². The van der Waals surface area contributed by atoms with Gasteiger partial charge in [0.05, 0.1) is 17.1 Å². The van der Waals surface area contributed by atoms with E-state index in [4.69, 9.17) is 28.2 Å². The highest BCUT2D eigenvalue weighted by Crippen LogP contribution is 2.30. The first-order valence-electron chi connectivity index (χ1n) is 10.7. The zero-order valence-corrected chi connectivity index (χ0v) is 19.8. The summed E-state index contributed by atoms with van der Waals surface area (Å²) in [4.78, 5) is 4.74. The number of para-hydroxylation sites is 1. The third-order valence-corrected chi connectivity index (χ3v) is 6.00. The molecule has 168 valence electrons. The van der Waals surface area contributed by atoms with E-state index in [2.05, 4.69) is 20.7 Å². The fourth-order valence-electron chi connectivity index (χ4n) is 3.87. The van der Waals surface area contributed by atoms with Gasteiger partial charge in [0.15, 0.2) is 5.82 Å². The van der Waals surface area contributed by atoms with E-state index in [1.165, 1.54) is 5.56 Å². The van der Waals surface area contributed by atoms with Crippen LogP contribution in [0.5, 0.6) is 0 Å². The van der Waals surface area contributed by atoms with Crippen molar-refractivity contribution in [3.8, 4) is 5.69 Å². The number of aliphatic imine (C=N–C) groups is 1. The number of allylic oxidation sites excluding steroid dienone is 1. The molecule has 1 N–H and O–H groups in total. The number of anilines is 1. The Bertz CT molecular complexity index is 1450. The van der Waals surface area contributed by atoms with Crippen LogP contribution < -0.4 is 5.43 Å². The lowest BCUT2D eigenvalue weighted by Crippen LogP contribution is -2.08. The second kappa shape index (κ2) is 9.63. The van der Waals surface area contributed by atoms with Gasteiger partial charge in [0.2, 0.25) is 0 Å². The highest BCUT2D eigenvalue weighted by atomic mass is 35.5. The number of hydrogen-bond donors (Lipinski definition) is 1. The summed E-state index contributed by atoms with van der Waals surface area (Å²) in [5.74, 6) is 1.62. The van der Waals surface area contributed by atoms with E-state index in [0.29, 0.717) is 16.6 Å².